The van der Waals surface area contributed by atoms with E-state index < -0.39 is 21.3 Å². The van der Waals surface area contributed by atoms with Gasteiger partial charge in [0.2, 0.25) is 0 Å². The molecule has 0 saturated heterocycles. The van der Waals surface area contributed by atoms with Gasteiger partial charge in [-0.15, -0.1) is 0 Å². The summed E-state index contributed by atoms with van der Waals surface area (Å²) in [6.45, 7) is 0.375. The van der Waals surface area contributed by atoms with E-state index in [0.717, 1.165) is 23.0 Å². The van der Waals surface area contributed by atoms with Crippen molar-refractivity contribution < 1.29 is 8.42 Å². The summed E-state index contributed by atoms with van der Waals surface area (Å²) in [5.41, 5.74) is 1.15. The molecule has 8 heteroatoms. The third kappa shape index (κ3) is 3.16. The lowest BCUT2D eigenvalue weighted by Gasteiger charge is -2.30. The molecule has 2 heterocycles. The maximum absolute atomic E-state index is 13.5. The molecule has 5 rings (SSSR count). The van der Waals surface area contributed by atoms with E-state index in [1.165, 1.54) is 16.4 Å². The number of nitrogens with one attached hydrogen (secondary N) is 1. The quantitative estimate of drug-likeness (QED) is 0.538. The summed E-state index contributed by atoms with van der Waals surface area (Å²) in [6.07, 6.45) is 1.55. The number of fused-ring (bicyclic) bond motifs is 2. The summed E-state index contributed by atoms with van der Waals surface area (Å²) < 4.78 is 29.3. The van der Waals surface area contributed by atoms with Crippen molar-refractivity contribution in [1.29, 1.82) is 0 Å². The van der Waals surface area contributed by atoms with Gasteiger partial charge in [-0.3, -0.25) is 9.10 Å². The van der Waals surface area contributed by atoms with Gasteiger partial charge in [-0.1, -0.05) is 36.4 Å². The van der Waals surface area contributed by atoms with E-state index in [0.29, 0.717) is 23.1 Å². The highest BCUT2D eigenvalue weighted by Crippen LogP contribution is 2.32. The lowest BCUT2D eigenvalue weighted by atomic mass is 10.0. The molecule has 0 unspecified atom stereocenters. The minimum Gasteiger partial charge on any atom is -0.306 e. The number of benzene rings is 3. The van der Waals surface area contributed by atoms with Gasteiger partial charge in [-0.25, -0.2) is 17.8 Å². The van der Waals surface area contributed by atoms with Crippen molar-refractivity contribution in [2.24, 2.45) is 0 Å². The first-order chi connectivity index (χ1) is 15.0. The zero-order valence-electron chi connectivity index (χ0n) is 16.5. The first kappa shape index (κ1) is 19.3. The molecule has 0 spiro atoms. The zero-order valence-corrected chi connectivity index (χ0v) is 17.3. The molecule has 7 nitrogen and oxygen atoms in total. The predicted molar refractivity (Wildman–Crippen MR) is 119 cm³/mol. The van der Waals surface area contributed by atoms with Crippen LogP contribution in [0.3, 0.4) is 0 Å². The SMILES string of the molecule is O=c1[nH]c2ccccc2c(=O)n1-c1cccc(S(=O)(=O)N2CCCc3ccccc32)c1. The molecule has 0 saturated carbocycles. The average molecular weight is 433 g/mol. The summed E-state index contributed by atoms with van der Waals surface area (Å²) >= 11 is 0. The van der Waals surface area contributed by atoms with Crippen molar-refractivity contribution in [3.63, 3.8) is 0 Å². The number of H-pyrrole nitrogens is 1. The summed E-state index contributed by atoms with van der Waals surface area (Å²) in [4.78, 5) is 28.3. The zero-order chi connectivity index (χ0) is 21.6. The van der Waals surface area contributed by atoms with Crippen molar-refractivity contribution >= 4 is 26.6 Å². The van der Waals surface area contributed by atoms with Crippen LogP contribution in [0.15, 0.2) is 87.3 Å². The number of aromatic nitrogens is 2. The van der Waals surface area contributed by atoms with E-state index in [4.69, 9.17) is 0 Å². The van der Waals surface area contributed by atoms with E-state index in [-0.39, 0.29) is 10.6 Å². The second-order valence-electron chi connectivity index (χ2n) is 7.42. The lowest BCUT2D eigenvalue weighted by molar-refractivity contribution is 0.586. The summed E-state index contributed by atoms with van der Waals surface area (Å²) in [5.74, 6) is 0. The number of sulfonamides is 1. The number of para-hydroxylation sites is 2. The number of hydrogen-bond acceptors (Lipinski definition) is 4. The van der Waals surface area contributed by atoms with E-state index in [9.17, 15) is 18.0 Å². The van der Waals surface area contributed by atoms with E-state index in [2.05, 4.69) is 4.98 Å². The molecule has 0 aliphatic carbocycles. The molecule has 1 N–H and O–H groups in total. The Kier molecular flexibility index (Phi) is 4.51. The monoisotopic (exact) mass is 433 g/mol. The normalized spacial score (nSPS) is 13.9. The van der Waals surface area contributed by atoms with Crippen LogP contribution in [0.1, 0.15) is 12.0 Å². The highest BCUT2D eigenvalue weighted by Gasteiger charge is 2.29. The first-order valence-electron chi connectivity index (χ1n) is 9.92. The van der Waals surface area contributed by atoms with Gasteiger partial charge >= 0.3 is 5.69 Å². The van der Waals surface area contributed by atoms with Crippen molar-refractivity contribution in [3.05, 3.63) is 99.2 Å². The van der Waals surface area contributed by atoms with Crippen molar-refractivity contribution in [3.8, 4) is 5.69 Å². The molecule has 0 bridgehead atoms. The Morgan fingerprint density at radius 1 is 0.871 bits per heavy atom. The molecular weight excluding hydrogens is 414 g/mol. The summed E-state index contributed by atoms with van der Waals surface area (Å²) in [5, 5.41) is 0.348. The Morgan fingerprint density at radius 3 is 2.52 bits per heavy atom. The van der Waals surface area contributed by atoms with Gasteiger partial charge in [0, 0.05) is 6.54 Å². The third-order valence-corrected chi connectivity index (χ3v) is 7.35. The molecule has 3 aromatic carbocycles. The van der Waals surface area contributed by atoms with Crippen molar-refractivity contribution in [1.82, 2.24) is 9.55 Å². The molecule has 4 aromatic rings. The third-order valence-electron chi connectivity index (χ3n) is 5.54. The Balaban J connectivity index is 1.65. The molecule has 0 fully saturated rings. The minimum atomic E-state index is -3.87. The van der Waals surface area contributed by atoms with E-state index >= 15 is 0 Å². The van der Waals surface area contributed by atoms with Crippen LogP contribution >= 0.6 is 0 Å². The van der Waals surface area contributed by atoms with Crippen molar-refractivity contribution in [2.45, 2.75) is 17.7 Å². The predicted octanol–water partition coefficient (Wildman–Crippen LogP) is 2.82. The van der Waals surface area contributed by atoms with Crippen LogP contribution in [0.4, 0.5) is 5.69 Å². The summed E-state index contributed by atoms with van der Waals surface area (Å²) in [7, 11) is -3.87. The van der Waals surface area contributed by atoms with Gasteiger partial charge in [0.15, 0.2) is 0 Å². The number of hydrogen-bond donors (Lipinski definition) is 1. The highest BCUT2D eigenvalue weighted by atomic mass is 32.2. The van der Waals surface area contributed by atoms with E-state index in [1.807, 2.05) is 18.2 Å². The number of rotatable bonds is 3. The Labute approximate surface area is 178 Å². The fourth-order valence-corrected chi connectivity index (χ4v) is 5.64. The van der Waals surface area contributed by atoms with Crippen molar-refractivity contribution in [2.75, 3.05) is 10.8 Å². The molecule has 0 amide bonds. The minimum absolute atomic E-state index is 0.0289. The van der Waals surface area contributed by atoms with Crippen LogP contribution in [0.2, 0.25) is 0 Å². The Bertz CT molecular complexity index is 1540. The molecule has 156 valence electrons. The highest BCUT2D eigenvalue weighted by molar-refractivity contribution is 7.92. The van der Waals surface area contributed by atoms with Gasteiger partial charge in [-0.2, -0.15) is 0 Å². The van der Waals surface area contributed by atoms with Gasteiger partial charge in [0.05, 0.1) is 27.2 Å². The first-order valence-corrected chi connectivity index (χ1v) is 11.4. The van der Waals surface area contributed by atoms with Crippen LogP contribution in [-0.2, 0) is 16.4 Å². The fourth-order valence-electron chi connectivity index (χ4n) is 4.06. The number of anilines is 1. The van der Waals surface area contributed by atoms with Crippen LogP contribution in [0.25, 0.3) is 16.6 Å². The number of aromatic amines is 1. The van der Waals surface area contributed by atoms with Crippen LogP contribution in [0.5, 0.6) is 0 Å². The topological polar surface area (TPSA) is 92.2 Å². The number of aryl methyl sites for hydroxylation is 1. The maximum Gasteiger partial charge on any atom is 0.333 e. The van der Waals surface area contributed by atoms with Gasteiger partial charge in [-0.05, 0) is 54.8 Å². The van der Waals surface area contributed by atoms with Gasteiger partial charge in [0.25, 0.3) is 15.6 Å². The lowest BCUT2D eigenvalue weighted by Crippen LogP contribution is -2.36. The molecular formula is C23H19N3O4S. The molecule has 31 heavy (non-hydrogen) atoms. The standard InChI is InChI=1S/C23H19N3O4S/c27-22-19-11-2-3-12-20(19)24-23(28)26(22)17-9-5-10-18(15-17)31(29,30)25-14-6-8-16-7-1-4-13-21(16)25/h1-5,7,9-13,15H,6,8,14H2,(H,24,28). The van der Waals surface area contributed by atoms with Gasteiger partial charge in [0.1, 0.15) is 0 Å². The maximum atomic E-state index is 13.5. The van der Waals surface area contributed by atoms with Crippen LogP contribution < -0.4 is 15.6 Å². The Morgan fingerprint density at radius 2 is 1.65 bits per heavy atom. The van der Waals surface area contributed by atoms with E-state index in [1.54, 1.807) is 42.5 Å². The summed E-state index contributed by atoms with van der Waals surface area (Å²) in [6, 6.07) is 20.1. The van der Waals surface area contributed by atoms with Crippen LogP contribution in [-0.4, -0.2) is 24.5 Å². The smallest absolute Gasteiger partial charge is 0.306 e. The second-order valence-corrected chi connectivity index (χ2v) is 9.29. The molecule has 1 aromatic heterocycles. The fraction of sp³-hybridized carbons (Fsp3) is 0.130. The number of nitrogens with zero attached hydrogens (tertiary/aromatic N) is 2. The largest absolute Gasteiger partial charge is 0.333 e. The Hall–Kier alpha value is -3.65. The molecule has 1 aliphatic rings. The molecule has 0 atom stereocenters. The second kappa shape index (κ2) is 7.24. The van der Waals surface area contributed by atoms with Gasteiger partial charge < -0.3 is 4.98 Å². The average Bonchev–Trinajstić information content (AvgIpc) is 2.79. The van der Waals surface area contributed by atoms with Crippen LogP contribution in [0, 0.1) is 0 Å². The molecule has 1 aliphatic heterocycles. The molecule has 0 radical (unpaired) electrons.